The fourth-order valence-corrected chi connectivity index (χ4v) is 2.88. The standard InChI is InChI=1S/C18H21FN4O3/c1-22-18(25)8-15(10-21-22)23-6-5-13(11-23)9-20-17(24)12-26-16-4-2-3-14(19)7-16/h2-4,7-8,10,13H,5-6,9,11-12H2,1H3,(H,20,24). The number of nitrogens with one attached hydrogen (secondary N) is 1. The number of aryl methyl sites for hydroxylation is 1. The van der Waals surface area contributed by atoms with Gasteiger partial charge >= 0.3 is 0 Å². The minimum absolute atomic E-state index is 0.145. The van der Waals surface area contributed by atoms with Crippen molar-refractivity contribution in [2.45, 2.75) is 6.42 Å². The molecular weight excluding hydrogens is 339 g/mol. The Morgan fingerprint density at radius 1 is 1.42 bits per heavy atom. The summed E-state index contributed by atoms with van der Waals surface area (Å²) in [6.45, 7) is 1.94. The van der Waals surface area contributed by atoms with E-state index < -0.39 is 5.82 Å². The number of nitrogens with zero attached hydrogens (tertiary/aromatic N) is 3. The minimum atomic E-state index is -0.404. The second-order valence-corrected chi connectivity index (χ2v) is 6.33. The molecule has 8 heteroatoms. The van der Waals surface area contributed by atoms with Gasteiger partial charge in [-0.25, -0.2) is 9.07 Å². The first-order valence-corrected chi connectivity index (χ1v) is 8.44. The number of amides is 1. The molecule has 0 bridgehead atoms. The molecule has 26 heavy (non-hydrogen) atoms. The molecule has 0 saturated carbocycles. The molecule has 1 aromatic carbocycles. The number of ether oxygens (including phenoxy) is 1. The predicted molar refractivity (Wildman–Crippen MR) is 94.7 cm³/mol. The van der Waals surface area contributed by atoms with Gasteiger partial charge in [-0.1, -0.05) is 6.07 Å². The average Bonchev–Trinajstić information content (AvgIpc) is 3.09. The summed E-state index contributed by atoms with van der Waals surface area (Å²) in [6, 6.07) is 7.25. The van der Waals surface area contributed by atoms with Crippen LogP contribution in [-0.4, -0.2) is 41.9 Å². The van der Waals surface area contributed by atoms with Gasteiger partial charge < -0.3 is 15.0 Å². The topological polar surface area (TPSA) is 76.5 Å². The lowest BCUT2D eigenvalue weighted by molar-refractivity contribution is -0.123. The summed E-state index contributed by atoms with van der Waals surface area (Å²) in [5.74, 6) is -0.0373. The molecule has 1 atom stereocenters. The maximum absolute atomic E-state index is 13.1. The van der Waals surface area contributed by atoms with Gasteiger partial charge in [0.2, 0.25) is 0 Å². The molecule has 1 aliphatic heterocycles. The Bertz CT molecular complexity index is 839. The molecular formula is C18H21FN4O3. The van der Waals surface area contributed by atoms with Crippen molar-refractivity contribution in [3.05, 3.63) is 52.7 Å². The summed E-state index contributed by atoms with van der Waals surface area (Å²) in [5, 5.41) is 6.87. The normalized spacial score (nSPS) is 16.5. The average molecular weight is 360 g/mol. The van der Waals surface area contributed by atoms with Gasteiger partial charge in [0.25, 0.3) is 11.5 Å². The van der Waals surface area contributed by atoms with Gasteiger partial charge in [0.1, 0.15) is 11.6 Å². The minimum Gasteiger partial charge on any atom is -0.484 e. The van der Waals surface area contributed by atoms with Gasteiger partial charge in [0.15, 0.2) is 6.61 Å². The lowest BCUT2D eigenvalue weighted by Crippen LogP contribution is -2.34. The Labute approximate surface area is 150 Å². The van der Waals surface area contributed by atoms with E-state index in [2.05, 4.69) is 15.3 Å². The second kappa shape index (κ2) is 7.99. The van der Waals surface area contributed by atoms with Crippen LogP contribution in [0.3, 0.4) is 0 Å². The summed E-state index contributed by atoms with van der Waals surface area (Å²) < 4.78 is 19.6. The van der Waals surface area contributed by atoms with Crippen molar-refractivity contribution < 1.29 is 13.9 Å². The van der Waals surface area contributed by atoms with E-state index in [1.807, 2.05) is 0 Å². The van der Waals surface area contributed by atoms with E-state index in [4.69, 9.17) is 4.74 Å². The van der Waals surface area contributed by atoms with Crippen LogP contribution in [0.15, 0.2) is 41.3 Å². The van der Waals surface area contributed by atoms with Crippen LogP contribution in [0.4, 0.5) is 10.1 Å². The van der Waals surface area contributed by atoms with Crippen molar-refractivity contribution in [1.29, 1.82) is 0 Å². The van der Waals surface area contributed by atoms with Crippen LogP contribution < -0.4 is 20.5 Å². The van der Waals surface area contributed by atoms with Gasteiger partial charge in [-0.2, -0.15) is 5.10 Å². The first-order valence-electron chi connectivity index (χ1n) is 8.44. The monoisotopic (exact) mass is 360 g/mol. The van der Waals surface area contributed by atoms with Crippen molar-refractivity contribution in [1.82, 2.24) is 15.1 Å². The van der Waals surface area contributed by atoms with Crippen LogP contribution in [0.1, 0.15) is 6.42 Å². The Morgan fingerprint density at radius 2 is 2.27 bits per heavy atom. The van der Waals surface area contributed by atoms with E-state index in [1.54, 1.807) is 25.4 Å². The first-order chi connectivity index (χ1) is 12.5. The van der Waals surface area contributed by atoms with Gasteiger partial charge in [-0.05, 0) is 24.5 Å². The lowest BCUT2D eigenvalue weighted by atomic mass is 10.1. The lowest BCUT2D eigenvalue weighted by Gasteiger charge is -2.18. The Balaban J connectivity index is 1.43. The zero-order chi connectivity index (χ0) is 18.5. The van der Waals surface area contributed by atoms with Crippen LogP contribution in [0.2, 0.25) is 0 Å². The number of halogens is 1. The summed E-state index contributed by atoms with van der Waals surface area (Å²) in [7, 11) is 1.61. The number of aromatic nitrogens is 2. The smallest absolute Gasteiger partial charge is 0.268 e. The van der Waals surface area contributed by atoms with Crippen LogP contribution in [-0.2, 0) is 11.8 Å². The molecule has 138 valence electrons. The molecule has 1 aromatic heterocycles. The zero-order valence-electron chi connectivity index (χ0n) is 14.5. The molecule has 1 aliphatic rings. The van der Waals surface area contributed by atoms with E-state index in [9.17, 15) is 14.0 Å². The Hall–Kier alpha value is -2.90. The van der Waals surface area contributed by atoms with Crippen molar-refractivity contribution >= 4 is 11.6 Å². The number of hydrogen-bond donors (Lipinski definition) is 1. The SMILES string of the molecule is Cn1ncc(N2CCC(CNC(=O)COc3cccc(F)c3)C2)cc1=O. The van der Waals surface area contributed by atoms with E-state index >= 15 is 0 Å². The molecule has 7 nitrogen and oxygen atoms in total. The molecule has 1 saturated heterocycles. The molecule has 1 N–H and O–H groups in total. The number of hydrogen-bond acceptors (Lipinski definition) is 5. The highest BCUT2D eigenvalue weighted by molar-refractivity contribution is 5.77. The third-order valence-electron chi connectivity index (χ3n) is 4.36. The summed E-state index contributed by atoms with van der Waals surface area (Å²) in [4.78, 5) is 25.7. The zero-order valence-corrected chi connectivity index (χ0v) is 14.5. The molecule has 3 rings (SSSR count). The number of carbonyl (C=O) groups excluding carboxylic acids is 1. The molecule has 2 heterocycles. The van der Waals surface area contributed by atoms with Crippen molar-refractivity contribution in [2.24, 2.45) is 13.0 Å². The Morgan fingerprint density at radius 3 is 3.04 bits per heavy atom. The van der Waals surface area contributed by atoms with Gasteiger partial charge in [-0.15, -0.1) is 0 Å². The number of rotatable bonds is 6. The summed E-state index contributed by atoms with van der Waals surface area (Å²) >= 11 is 0. The van der Waals surface area contributed by atoms with Gasteiger partial charge in [0.05, 0.1) is 11.9 Å². The number of anilines is 1. The van der Waals surface area contributed by atoms with E-state index in [-0.39, 0.29) is 24.0 Å². The van der Waals surface area contributed by atoms with Crippen molar-refractivity contribution in [3.8, 4) is 5.75 Å². The largest absolute Gasteiger partial charge is 0.484 e. The van der Waals surface area contributed by atoms with Crippen molar-refractivity contribution in [2.75, 3.05) is 31.1 Å². The van der Waals surface area contributed by atoms with Gasteiger partial charge in [-0.3, -0.25) is 9.59 Å². The second-order valence-electron chi connectivity index (χ2n) is 6.33. The van der Waals surface area contributed by atoms with E-state index in [0.29, 0.717) is 12.3 Å². The molecule has 0 radical (unpaired) electrons. The Kier molecular flexibility index (Phi) is 5.50. The predicted octanol–water partition coefficient (Wildman–Crippen LogP) is 0.941. The quantitative estimate of drug-likeness (QED) is 0.830. The molecule has 2 aromatic rings. The number of benzene rings is 1. The maximum Gasteiger partial charge on any atom is 0.268 e. The first kappa shape index (κ1) is 17.9. The summed E-state index contributed by atoms with van der Waals surface area (Å²) in [5.41, 5.74) is 0.658. The fourth-order valence-electron chi connectivity index (χ4n) is 2.88. The van der Waals surface area contributed by atoms with Crippen LogP contribution in [0, 0.1) is 11.7 Å². The third-order valence-corrected chi connectivity index (χ3v) is 4.36. The highest BCUT2D eigenvalue weighted by Gasteiger charge is 2.23. The molecule has 0 spiro atoms. The van der Waals surface area contributed by atoms with E-state index in [1.165, 1.54) is 22.9 Å². The van der Waals surface area contributed by atoms with Crippen LogP contribution in [0.5, 0.6) is 5.75 Å². The maximum atomic E-state index is 13.1. The highest BCUT2D eigenvalue weighted by atomic mass is 19.1. The molecule has 1 unspecified atom stereocenters. The third kappa shape index (κ3) is 4.59. The summed E-state index contributed by atoms with van der Waals surface area (Å²) in [6.07, 6.45) is 2.59. The van der Waals surface area contributed by atoms with E-state index in [0.717, 1.165) is 25.2 Å². The molecule has 1 fully saturated rings. The number of carbonyl (C=O) groups is 1. The van der Waals surface area contributed by atoms with Gasteiger partial charge in [0, 0.05) is 38.8 Å². The highest BCUT2D eigenvalue weighted by Crippen LogP contribution is 2.21. The van der Waals surface area contributed by atoms with Crippen molar-refractivity contribution in [3.63, 3.8) is 0 Å². The van der Waals surface area contributed by atoms with Crippen LogP contribution in [0.25, 0.3) is 0 Å². The molecule has 0 aliphatic carbocycles. The fraction of sp³-hybridized carbons (Fsp3) is 0.389. The van der Waals surface area contributed by atoms with Crippen LogP contribution >= 0.6 is 0 Å². The molecule has 1 amide bonds.